The lowest BCUT2D eigenvalue weighted by Crippen LogP contribution is -2.22. The summed E-state index contributed by atoms with van der Waals surface area (Å²) in [6.45, 7) is 1.90. The first-order chi connectivity index (χ1) is 12.6. The van der Waals surface area contributed by atoms with Crippen molar-refractivity contribution in [3.63, 3.8) is 0 Å². The van der Waals surface area contributed by atoms with E-state index in [2.05, 4.69) is 11.2 Å². The molecule has 4 rings (SSSR count). The van der Waals surface area contributed by atoms with Gasteiger partial charge in [0.25, 0.3) is 0 Å². The van der Waals surface area contributed by atoms with Gasteiger partial charge in [-0.15, -0.1) is 0 Å². The third-order valence-corrected chi connectivity index (χ3v) is 4.65. The summed E-state index contributed by atoms with van der Waals surface area (Å²) in [7, 11) is 0. The van der Waals surface area contributed by atoms with Gasteiger partial charge in [0.05, 0.1) is 22.9 Å². The third-order valence-electron chi connectivity index (χ3n) is 4.42. The van der Waals surface area contributed by atoms with Gasteiger partial charge in [-0.05, 0) is 36.8 Å². The van der Waals surface area contributed by atoms with Crippen molar-refractivity contribution < 1.29 is 4.74 Å². The molecular weight excluding hydrogens is 348 g/mol. The minimum Gasteiger partial charge on any atom is -0.422 e. The van der Waals surface area contributed by atoms with E-state index in [4.69, 9.17) is 22.1 Å². The van der Waals surface area contributed by atoms with Crippen LogP contribution in [0.4, 0.5) is 0 Å². The van der Waals surface area contributed by atoms with Crippen LogP contribution in [0.2, 0.25) is 5.02 Å². The van der Waals surface area contributed by atoms with E-state index >= 15 is 0 Å². The molecule has 0 bridgehead atoms. The van der Waals surface area contributed by atoms with Crippen molar-refractivity contribution in [2.45, 2.75) is 12.8 Å². The van der Waals surface area contributed by atoms with Crippen LogP contribution in [0.3, 0.4) is 0 Å². The number of rotatable bonds is 2. The van der Waals surface area contributed by atoms with Gasteiger partial charge >= 0.3 is 0 Å². The Morgan fingerprint density at radius 2 is 1.96 bits per heavy atom. The number of halogens is 1. The van der Waals surface area contributed by atoms with Crippen LogP contribution in [0.5, 0.6) is 5.88 Å². The highest BCUT2D eigenvalue weighted by Crippen LogP contribution is 2.44. The molecular formula is C20H15ClN4O. The second kappa shape index (κ2) is 6.25. The first-order valence-corrected chi connectivity index (χ1v) is 8.46. The summed E-state index contributed by atoms with van der Waals surface area (Å²) in [6.07, 6.45) is 0. The molecule has 0 spiro atoms. The maximum atomic E-state index is 9.67. The smallest absolute Gasteiger partial charge is 0.229 e. The number of nitrogens with two attached hydrogens (primary N) is 1. The lowest BCUT2D eigenvalue weighted by Gasteiger charge is -2.25. The van der Waals surface area contributed by atoms with Gasteiger partial charge in [-0.2, -0.15) is 10.4 Å². The second-order valence-corrected chi connectivity index (χ2v) is 6.47. The summed E-state index contributed by atoms with van der Waals surface area (Å²) < 4.78 is 7.54. The molecule has 0 saturated heterocycles. The third kappa shape index (κ3) is 2.52. The molecule has 3 aromatic rings. The maximum Gasteiger partial charge on any atom is 0.229 e. The lowest BCUT2D eigenvalue weighted by atomic mass is 9.84. The van der Waals surface area contributed by atoms with Gasteiger partial charge in [-0.1, -0.05) is 41.9 Å². The monoisotopic (exact) mass is 362 g/mol. The van der Waals surface area contributed by atoms with E-state index in [1.165, 1.54) is 0 Å². The topological polar surface area (TPSA) is 76.9 Å². The molecule has 0 radical (unpaired) electrons. The van der Waals surface area contributed by atoms with E-state index in [-0.39, 0.29) is 11.8 Å². The summed E-state index contributed by atoms with van der Waals surface area (Å²) in [6, 6.07) is 19.3. The van der Waals surface area contributed by atoms with E-state index in [0.717, 1.165) is 22.5 Å². The zero-order valence-corrected chi connectivity index (χ0v) is 14.7. The van der Waals surface area contributed by atoms with Gasteiger partial charge in [-0.3, -0.25) is 0 Å². The predicted octanol–water partition coefficient (Wildman–Crippen LogP) is 4.05. The highest BCUT2D eigenvalue weighted by Gasteiger charge is 2.36. The fourth-order valence-electron chi connectivity index (χ4n) is 3.28. The van der Waals surface area contributed by atoms with Crippen LogP contribution in [-0.4, -0.2) is 9.78 Å². The van der Waals surface area contributed by atoms with E-state index in [1.54, 1.807) is 10.7 Å². The highest BCUT2D eigenvalue weighted by molar-refractivity contribution is 6.30. The van der Waals surface area contributed by atoms with E-state index in [1.807, 2.05) is 55.5 Å². The van der Waals surface area contributed by atoms with E-state index in [9.17, 15) is 5.26 Å². The Morgan fingerprint density at radius 1 is 1.19 bits per heavy atom. The summed E-state index contributed by atoms with van der Waals surface area (Å²) >= 11 is 6.18. The molecule has 26 heavy (non-hydrogen) atoms. The van der Waals surface area contributed by atoms with Gasteiger partial charge < -0.3 is 10.5 Å². The molecule has 0 aliphatic carbocycles. The number of aryl methyl sites for hydroxylation is 1. The van der Waals surface area contributed by atoms with Gasteiger partial charge in [0.15, 0.2) is 0 Å². The molecule has 0 amide bonds. The number of nitriles is 1. The number of hydrogen-bond acceptors (Lipinski definition) is 4. The Kier molecular flexibility index (Phi) is 3.90. The molecule has 2 heterocycles. The number of ether oxygens (including phenoxy) is 1. The Morgan fingerprint density at radius 3 is 2.65 bits per heavy atom. The second-order valence-electron chi connectivity index (χ2n) is 6.03. The minimum atomic E-state index is -0.375. The molecule has 1 aliphatic heterocycles. The van der Waals surface area contributed by atoms with Gasteiger partial charge in [0.2, 0.25) is 11.8 Å². The quantitative estimate of drug-likeness (QED) is 0.746. The van der Waals surface area contributed by atoms with Crippen molar-refractivity contribution in [2.75, 3.05) is 0 Å². The summed E-state index contributed by atoms with van der Waals surface area (Å²) in [5.74, 6) is 0.233. The van der Waals surface area contributed by atoms with Crippen LogP contribution in [0.15, 0.2) is 66.1 Å². The largest absolute Gasteiger partial charge is 0.422 e. The molecule has 2 N–H and O–H groups in total. The molecule has 1 aromatic heterocycles. The number of nitrogens with zero attached hydrogens (tertiary/aromatic N) is 3. The number of aromatic nitrogens is 2. The molecule has 2 aromatic carbocycles. The summed E-state index contributed by atoms with van der Waals surface area (Å²) in [5.41, 5.74) is 9.77. The summed E-state index contributed by atoms with van der Waals surface area (Å²) in [5, 5.41) is 14.9. The molecule has 0 saturated carbocycles. The molecule has 5 nitrogen and oxygen atoms in total. The standard InChI is InChI=1S/C20H15ClN4O/c1-12-17-18(13-6-5-7-14(21)10-13)16(11-22)19(23)26-20(17)25(24-12)15-8-3-2-4-9-15/h2-10,18H,23H2,1H3/t18-/m1/s1. The van der Waals surface area contributed by atoms with Crippen molar-refractivity contribution in [3.8, 4) is 17.6 Å². The minimum absolute atomic E-state index is 0.0852. The van der Waals surface area contributed by atoms with Crippen LogP contribution >= 0.6 is 11.6 Å². The molecule has 6 heteroatoms. The zero-order valence-electron chi connectivity index (χ0n) is 14.0. The Balaban J connectivity index is 1.97. The highest BCUT2D eigenvalue weighted by atomic mass is 35.5. The molecule has 0 fully saturated rings. The summed E-state index contributed by atoms with van der Waals surface area (Å²) in [4.78, 5) is 0. The van der Waals surface area contributed by atoms with Crippen LogP contribution < -0.4 is 10.5 Å². The van der Waals surface area contributed by atoms with Crippen molar-refractivity contribution in [3.05, 3.63) is 87.9 Å². The van der Waals surface area contributed by atoms with Crippen LogP contribution in [0, 0.1) is 18.3 Å². The van der Waals surface area contributed by atoms with Gasteiger partial charge in [-0.25, -0.2) is 4.68 Å². The fraction of sp³-hybridized carbons (Fsp3) is 0.100. The first kappa shape index (κ1) is 16.2. The molecule has 128 valence electrons. The Labute approximate surface area is 155 Å². The lowest BCUT2D eigenvalue weighted by molar-refractivity contribution is 0.367. The Bertz CT molecular complexity index is 1060. The number of allylic oxidation sites excluding steroid dienone is 1. The molecule has 1 aliphatic rings. The van der Waals surface area contributed by atoms with Crippen molar-refractivity contribution in [2.24, 2.45) is 5.73 Å². The molecule has 0 unspecified atom stereocenters. The van der Waals surface area contributed by atoms with Gasteiger partial charge in [0, 0.05) is 5.02 Å². The number of benzene rings is 2. The van der Waals surface area contributed by atoms with Crippen LogP contribution in [0.25, 0.3) is 5.69 Å². The Hall–Kier alpha value is -3.23. The average Bonchev–Trinajstić information content (AvgIpc) is 2.97. The first-order valence-electron chi connectivity index (χ1n) is 8.08. The predicted molar refractivity (Wildman–Crippen MR) is 99.1 cm³/mol. The van der Waals surface area contributed by atoms with Crippen molar-refractivity contribution >= 4 is 11.6 Å². The SMILES string of the molecule is Cc1nn(-c2ccccc2)c2c1[C@H](c1cccc(Cl)c1)C(C#N)=C(N)O2. The van der Waals surface area contributed by atoms with Crippen molar-refractivity contribution in [1.29, 1.82) is 5.26 Å². The zero-order chi connectivity index (χ0) is 18.3. The maximum absolute atomic E-state index is 9.67. The normalized spacial score (nSPS) is 16.0. The molecule has 1 atom stereocenters. The average molecular weight is 363 g/mol. The van der Waals surface area contributed by atoms with Gasteiger partial charge in [0.1, 0.15) is 11.6 Å². The number of fused-ring (bicyclic) bond motifs is 1. The van der Waals surface area contributed by atoms with E-state index < -0.39 is 0 Å². The van der Waals surface area contributed by atoms with Crippen molar-refractivity contribution in [1.82, 2.24) is 9.78 Å². The number of para-hydroxylation sites is 1. The van der Waals surface area contributed by atoms with E-state index in [0.29, 0.717) is 16.5 Å². The van der Waals surface area contributed by atoms with Crippen LogP contribution in [0.1, 0.15) is 22.7 Å². The number of hydrogen-bond donors (Lipinski definition) is 1. The van der Waals surface area contributed by atoms with Crippen LogP contribution in [-0.2, 0) is 0 Å². The fourth-order valence-corrected chi connectivity index (χ4v) is 3.48.